The lowest BCUT2D eigenvalue weighted by molar-refractivity contribution is 0.542. The largest absolute Gasteiger partial charge is 0.404 e. The quantitative estimate of drug-likeness (QED) is 0.580. The number of nitrogens with two attached hydrogens (primary N) is 1. The number of rotatable bonds is 2. The van der Waals surface area contributed by atoms with Gasteiger partial charge in [0.05, 0.1) is 5.39 Å². The number of hydrogen-bond donors (Lipinski definition) is 2. The molecule has 1 aromatic heterocycles. The van der Waals surface area contributed by atoms with E-state index in [-0.39, 0.29) is 5.88 Å². The first-order chi connectivity index (χ1) is 11.2. The van der Waals surface area contributed by atoms with Crippen molar-refractivity contribution in [1.82, 2.24) is 0 Å². The summed E-state index contributed by atoms with van der Waals surface area (Å²) in [6, 6.07) is 21.4. The molecule has 0 radical (unpaired) electrons. The van der Waals surface area contributed by atoms with E-state index in [9.17, 15) is 4.79 Å². The second-order valence-electron chi connectivity index (χ2n) is 5.36. The highest BCUT2D eigenvalue weighted by Gasteiger charge is 2.11. The summed E-state index contributed by atoms with van der Waals surface area (Å²) in [6.07, 6.45) is 0. The van der Waals surface area contributed by atoms with Crippen LogP contribution < -0.4 is 16.7 Å². The molecule has 0 amide bonds. The Morgan fingerprint density at radius 2 is 1.52 bits per heavy atom. The fourth-order valence-electron chi connectivity index (χ4n) is 2.76. The van der Waals surface area contributed by atoms with Gasteiger partial charge in [-0.1, -0.05) is 48.5 Å². The van der Waals surface area contributed by atoms with Crippen molar-refractivity contribution in [2.45, 2.75) is 0 Å². The van der Waals surface area contributed by atoms with E-state index in [1.54, 1.807) is 12.1 Å². The maximum atomic E-state index is 11.9. The highest BCUT2D eigenvalue weighted by Crippen LogP contribution is 2.31. The summed E-state index contributed by atoms with van der Waals surface area (Å²) < 4.78 is 5.14. The van der Waals surface area contributed by atoms with Gasteiger partial charge in [0.15, 0.2) is 0 Å². The third kappa shape index (κ3) is 2.30. The van der Waals surface area contributed by atoms with Gasteiger partial charge < -0.3 is 15.5 Å². The fourth-order valence-corrected chi connectivity index (χ4v) is 2.76. The van der Waals surface area contributed by atoms with Crippen molar-refractivity contribution < 1.29 is 4.42 Å². The first kappa shape index (κ1) is 13.4. The van der Waals surface area contributed by atoms with E-state index in [1.807, 2.05) is 48.5 Å². The molecule has 3 aromatic carbocycles. The Labute approximate surface area is 132 Å². The number of nitrogens with one attached hydrogen (secondary N) is 1. The molecule has 0 saturated heterocycles. The van der Waals surface area contributed by atoms with E-state index >= 15 is 0 Å². The Balaban J connectivity index is 1.87. The minimum Gasteiger partial charge on any atom is -0.404 e. The predicted octanol–water partition coefficient (Wildman–Crippen LogP) is 4.27. The molecule has 0 aliphatic heterocycles. The van der Waals surface area contributed by atoms with Crippen LogP contribution in [0, 0.1) is 0 Å². The van der Waals surface area contributed by atoms with Crippen molar-refractivity contribution in [3.8, 4) is 0 Å². The van der Waals surface area contributed by atoms with Crippen molar-refractivity contribution >= 4 is 38.8 Å². The smallest absolute Gasteiger partial charge is 0.345 e. The summed E-state index contributed by atoms with van der Waals surface area (Å²) in [5.74, 6) is 0.0851. The molecule has 112 valence electrons. The molecule has 4 aromatic rings. The van der Waals surface area contributed by atoms with Gasteiger partial charge in [-0.15, -0.1) is 0 Å². The van der Waals surface area contributed by atoms with Gasteiger partial charge in [0.25, 0.3) is 0 Å². The van der Waals surface area contributed by atoms with Crippen LogP contribution >= 0.6 is 0 Å². The van der Waals surface area contributed by atoms with Crippen molar-refractivity contribution in [3.05, 3.63) is 77.2 Å². The van der Waals surface area contributed by atoms with E-state index in [0.717, 1.165) is 21.8 Å². The van der Waals surface area contributed by atoms with Gasteiger partial charge in [-0.3, -0.25) is 0 Å². The van der Waals surface area contributed by atoms with Crippen LogP contribution in [0.5, 0.6) is 0 Å². The van der Waals surface area contributed by atoms with E-state index in [4.69, 9.17) is 10.2 Å². The SMILES string of the molecule is Nc1oc(=O)c2ccccc2c1Nc1ccc2ccccc2c1. The Morgan fingerprint density at radius 3 is 2.35 bits per heavy atom. The molecule has 0 bridgehead atoms. The molecule has 4 nitrogen and oxygen atoms in total. The predicted molar refractivity (Wildman–Crippen MR) is 94.1 cm³/mol. The van der Waals surface area contributed by atoms with Crippen LogP contribution in [0.4, 0.5) is 17.3 Å². The molecule has 4 heteroatoms. The van der Waals surface area contributed by atoms with Crippen molar-refractivity contribution in [1.29, 1.82) is 0 Å². The van der Waals surface area contributed by atoms with Crippen LogP contribution in [0.15, 0.2) is 75.9 Å². The van der Waals surface area contributed by atoms with Gasteiger partial charge in [0, 0.05) is 11.1 Å². The minimum atomic E-state index is -0.429. The van der Waals surface area contributed by atoms with Crippen LogP contribution in [-0.4, -0.2) is 0 Å². The summed E-state index contributed by atoms with van der Waals surface area (Å²) in [5, 5.41) is 6.81. The Morgan fingerprint density at radius 1 is 0.826 bits per heavy atom. The van der Waals surface area contributed by atoms with Gasteiger partial charge in [0.2, 0.25) is 5.88 Å². The molecule has 0 aliphatic rings. The number of nitrogen functional groups attached to an aromatic ring is 1. The first-order valence-corrected chi connectivity index (χ1v) is 7.29. The van der Waals surface area contributed by atoms with Crippen LogP contribution in [-0.2, 0) is 0 Å². The number of hydrogen-bond acceptors (Lipinski definition) is 4. The fraction of sp³-hybridized carbons (Fsp3) is 0. The molecule has 0 aliphatic carbocycles. The van der Waals surface area contributed by atoms with Crippen LogP contribution in [0.2, 0.25) is 0 Å². The Bertz CT molecular complexity index is 1080. The van der Waals surface area contributed by atoms with Gasteiger partial charge in [0.1, 0.15) is 5.69 Å². The second-order valence-corrected chi connectivity index (χ2v) is 5.36. The third-order valence-electron chi connectivity index (χ3n) is 3.88. The van der Waals surface area contributed by atoms with Gasteiger partial charge in [-0.05, 0) is 29.0 Å². The summed E-state index contributed by atoms with van der Waals surface area (Å²) in [4.78, 5) is 11.9. The zero-order valence-corrected chi connectivity index (χ0v) is 12.2. The molecule has 23 heavy (non-hydrogen) atoms. The number of fused-ring (bicyclic) bond motifs is 2. The average molecular weight is 302 g/mol. The molecular formula is C19H14N2O2. The van der Waals surface area contributed by atoms with Crippen LogP contribution in [0.25, 0.3) is 21.5 Å². The normalized spacial score (nSPS) is 11.0. The average Bonchev–Trinajstić information content (AvgIpc) is 2.58. The van der Waals surface area contributed by atoms with E-state index < -0.39 is 5.63 Å². The molecule has 0 saturated carbocycles. The van der Waals surface area contributed by atoms with Crippen LogP contribution in [0.1, 0.15) is 0 Å². The zero-order chi connectivity index (χ0) is 15.8. The molecule has 0 spiro atoms. The second kappa shape index (κ2) is 5.18. The Kier molecular flexibility index (Phi) is 3.01. The monoisotopic (exact) mass is 302 g/mol. The summed E-state index contributed by atoms with van der Waals surface area (Å²) in [7, 11) is 0. The third-order valence-corrected chi connectivity index (χ3v) is 3.88. The summed E-state index contributed by atoms with van der Waals surface area (Å²) >= 11 is 0. The van der Waals surface area contributed by atoms with Crippen LogP contribution in [0.3, 0.4) is 0 Å². The molecule has 4 rings (SSSR count). The van der Waals surface area contributed by atoms with Gasteiger partial charge >= 0.3 is 5.63 Å². The lowest BCUT2D eigenvalue weighted by Gasteiger charge is -2.11. The van der Waals surface area contributed by atoms with Crippen molar-refractivity contribution in [2.24, 2.45) is 0 Å². The maximum absolute atomic E-state index is 11.9. The lowest BCUT2D eigenvalue weighted by atomic mass is 10.1. The van der Waals surface area contributed by atoms with Crippen molar-refractivity contribution in [3.63, 3.8) is 0 Å². The van der Waals surface area contributed by atoms with E-state index in [2.05, 4.69) is 11.4 Å². The maximum Gasteiger partial charge on any atom is 0.345 e. The van der Waals surface area contributed by atoms with E-state index in [0.29, 0.717) is 11.1 Å². The van der Waals surface area contributed by atoms with E-state index in [1.165, 1.54) is 0 Å². The summed E-state index contributed by atoms with van der Waals surface area (Å²) in [6.45, 7) is 0. The zero-order valence-electron chi connectivity index (χ0n) is 12.2. The van der Waals surface area contributed by atoms with Crippen molar-refractivity contribution in [2.75, 3.05) is 11.1 Å². The highest BCUT2D eigenvalue weighted by molar-refractivity contribution is 5.99. The molecule has 0 unspecified atom stereocenters. The Hall–Kier alpha value is -3.27. The number of anilines is 3. The molecule has 0 atom stereocenters. The highest BCUT2D eigenvalue weighted by atomic mass is 16.4. The standard InChI is InChI=1S/C19H14N2O2/c20-18-17(15-7-3-4-8-16(15)19(22)23-18)21-14-10-9-12-5-1-2-6-13(12)11-14/h1-11,21H,20H2. The minimum absolute atomic E-state index is 0.0851. The molecule has 1 heterocycles. The number of benzene rings is 3. The summed E-state index contributed by atoms with van der Waals surface area (Å²) in [5.41, 5.74) is 6.98. The molecule has 0 fully saturated rings. The topological polar surface area (TPSA) is 68.3 Å². The molecular weight excluding hydrogens is 288 g/mol. The first-order valence-electron chi connectivity index (χ1n) is 7.29. The molecule has 3 N–H and O–H groups in total. The lowest BCUT2D eigenvalue weighted by Crippen LogP contribution is -2.06. The van der Waals surface area contributed by atoms with Gasteiger partial charge in [-0.2, -0.15) is 0 Å². The van der Waals surface area contributed by atoms with Gasteiger partial charge in [-0.25, -0.2) is 4.79 Å².